The van der Waals surface area contributed by atoms with Crippen LogP contribution in [-0.2, 0) is 12.8 Å². The van der Waals surface area contributed by atoms with Crippen LogP contribution in [0.2, 0.25) is 0 Å². The third kappa shape index (κ3) is 2.41. The smallest absolute Gasteiger partial charge is 0.129 e. The summed E-state index contributed by atoms with van der Waals surface area (Å²) in [6.45, 7) is 4.20. The van der Waals surface area contributed by atoms with Gasteiger partial charge in [0.25, 0.3) is 0 Å². The van der Waals surface area contributed by atoms with Crippen LogP contribution in [0.15, 0.2) is 18.2 Å². The molecule has 0 aliphatic carbocycles. The average molecular weight is 238 g/mol. The van der Waals surface area contributed by atoms with Gasteiger partial charge >= 0.3 is 0 Å². The summed E-state index contributed by atoms with van der Waals surface area (Å²) in [7, 11) is 0. The summed E-state index contributed by atoms with van der Waals surface area (Å²) >= 11 is 3.55. The monoisotopic (exact) mass is 238 g/mol. The molecule has 3 heteroatoms. The van der Waals surface area contributed by atoms with E-state index in [9.17, 15) is 5.11 Å². The van der Waals surface area contributed by atoms with E-state index in [1.54, 1.807) is 11.3 Å². The second-order valence-corrected chi connectivity index (χ2v) is 6.16. The lowest BCUT2D eigenvalue weighted by Crippen LogP contribution is -1.76. The largest absolute Gasteiger partial charge is 0.507 e. The topological polar surface area (TPSA) is 20.2 Å². The zero-order valence-electron chi connectivity index (χ0n) is 8.91. The molecule has 0 radical (unpaired) electrons. The first-order chi connectivity index (χ1) is 7.19. The maximum Gasteiger partial charge on any atom is 0.129 e. The molecule has 1 nitrogen and oxygen atoms in total. The summed E-state index contributed by atoms with van der Waals surface area (Å²) in [6, 6.07) is 6.22. The van der Waals surface area contributed by atoms with Gasteiger partial charge in [-0.1, -0.05) is 6.92 Å². The minimum atomic E-state index is 0.464. The van der Waals surface area contributed by atoms with Gasteiger partial charge in [0.15, 0.2) is 0 Å². The molecule has 0 saturated carbocycles. The van der Waals surface area contributed by atoms with Gasteiger partial charge in [0.05, 0.1) is 0 Å². The number of hydrogen-bond donors (Lipinski definition) is 1. The molecule has 0 saturated heterocycles. The van der Waals surface area contributed by atoms with E-state index in [-0.39, 0.29) is 0 Å². The molecule has 0 aromatic carbocycles. The van der Waals surface area contributed by atoms with Gasteiger partial charge in [-0.05, 0) is 31.5 Å². The molecule has 0 bridgehead atoms. The highest BCUT2D eigenvalue weighted by Gasteiger charge is 2.07. The van der Waals surface area contributed by atoms with Crippen LogP contribution in [0.5, 0.6) is 5.75 Å². The minimum Gasteiger partial charge on any atom is -0.507 e. The molecule has 2 heterocycles. The highest BCUT2D eigenvalue weighted by molar-refractivity contribution is 7.13. The van der Waals surface area contributed by atoms with Crippen LogP contribution >= 0.6 is 22.7 Å². The van der Waals surface area contributed by atoms with E-state index in [2.05, 4.69) is 26.0 Å². The van der Waals surface area contributed by atoms with Crippen LogP contribution in [0.4, 0.5) is 0 Å². The van der Waals surface area contributed by atoms with Crippen molar-refractivity contribution in [1.29, 1.82) is 0 Å². The van der Waals surface area contributed by atoms with Crippen molar-refractivity contribution in [3.63, 3.8) is 0 Å². The Kier molecular flexibility index (Phi) is 3.12. The molecule has 1 N–H and O–H groups in total. The Morgan fingerprint density at radius 3 is 2.53 bits per heavy atom. The van der Waals surface area contributed by atoms with E-state index in [1.165, 1.54) is 14.6 Å². The molecule has 0 spiro atoms. The first kappa shape index (κ1) is 10.7. The van der Waals surface area contributed by atoms with Gasteiger partial charge in [0, 0.05) is 25.9 Å². The van der Waals surface area contributed by atoms with Crippen molar-refractivity contribution in [2.75, 3.05) is 0 Å². The van der Waals surface area contributed by atoms with Gasteiger partial charge in [-0.2, -0.15) is 0 Å². The number of aromatic hydroxyl groups is 1. The number of aryl methyl sites for hydroxylation is 2. The molecule has 0 unspecified atom stereocenters. The van der Waals surface area contributed by atoms with E-state index in [0.29, 0.717) is 5.75 Å². The normalized spacial score (nSPS) is 10.8. The van der Waals surface area contributed by atoms with Crippen LogP contribution in [0.25, 0.3) is 0 Å². The molecule has 0 amide bonds. The maximum absolute atomic E-state index is 9.63. The van der Waals surface area contributed by atoms with Crippen molar-refractivity contribution in [2.24, 2.45) is 0 Å². The fourth-order valence-corrected chi connectivity index (χ4v) is 3.59. The Bertz CT molecular complexity index is 454. The molecule has 0 aliphatic heterocycles. The molecule has 0 fully saturated rings. The summed E-state index contributed by atoms with van der Waals surface area (Å²) in [5.41, 5.74) is 0. The number of rotatable bonds is 3. The summed E-state index contributed by atoms with van der Waals surface area (Å²) in [6.07, 6.45) is 1.87. The van der Waals surface area contributed by atoms with Gasteiger partial charge in [-0.25, -0.2) is 0 Å². The van der Waals surface area contributed by atoms with Crippen molar-refractivity contribution in [3.8, 4) is 5.75 Å². The second kappa shape index (κ2) is 4.37. The van der Waals surface area contributed by atoms with E-state index >= 15 is 0 Å². The quantitative estimate of drug-likeness (QED) is 0.857. The van der Waals surface area contributed by atoms with Crippen LogP contribution in [-0.4, -0.2) is 5.11 Å². The van der Waals surface area contributed by atoms with E-state index in [0.717, 1.165) is 17.7 Å². The molecule has 0 atom stereocenters. The maximum atomic E-state index is 9.63. The molecular formula is C12H14OS2. The first-order valence-corrected chi connectivity index (χ1v) is 6.68. The fourth-order valence-electron chi connectivity index (χ4n) is 1.57. The predicted molar refractivity (Wildman–Crippen MR) is 67.2 cm³/mol. The molecule has 15 heavy (non-hydrogen) atoms. The lowest BCUT2D eigenvalue weighted by molar-refractivity contribution is 0.472. The van der Waals surface area contributed by atoms with Gasteiger partial charge in [0.2, 0.25) is 0 Å². The van der Waals surface area contributed by atoms with Crippen LogP contribution in [0, 0.1) is 6.92 Å². The van der Waals surface area contributed by atoms with E-state index in [4.69, 9.17) is 0 Å². The summed E-state index contributed by atoms with van der Waals surface area (Å²) < 4.78 is 0. The van der Waals surface area contributed by atoms with Crippen molar-refractivity contribution in [1.82, 2.24) is 0 Å². The van der Waals surface area contributed by atoms with Crippen molar-refractivity contribution in [3.05, 3.63) is 37.7 Å². The molecular weight excluding hydrogens is 224 g/mol. The molecule has 2 aromatic heterocycles. The summed E-state index contributed by atoms with van der Waals surface area (Å²) in [5.74, 6) is 0.464. The van der Waals surface area contributed by atoms with Crippen molar-refractivity contribution >= 4 is 22.7 Å². The summed E-state index contributed by atoms with van der Waals surface area (Å²) in [4.78, 5) is 5.07. The lowest BCUT2D eigenvalue weighted by Gasteiger charge is -1.91. The average Bonchev–Trinajstić information content (AvgIpc) is 2.73. The predicted octanol–water partition coefficient (Wildman–Crippen LogP) is 3.98. The summed E-state index contributed by atoms with van der Waals surface area (Å²) in [5, 5.41) is 9.63. The van der Waals surface area contributed by atoms with Crippen LogP contribution in [0.3, 0.4) is 0 Å². The van der Waals surface area contributed by atoms with Crippen molar-refractivity contribution < 1.29 is 5.11 Å². The van der Waals surface area contributed by atoms with E-state index in [1.807, 2.05) is 17.4 Å². The van der Waals surface area contributed by atoms with Crippen molar-refractivity contribution in [2.45, 2.75) is 26.7 Å². The molecule has 80 valence electrons. The van der Waals surface area contributed by atoms with Crippen LogP contribution in [0.1, 0.15) is 26.4 Å². The Balaban J connectivity index is 2.17. The van der Waals surface area contributed by atoms with Gasteiger partial charge in [0.1, 0.15) is 5.75 Å². The SMILES string of the molecule is CCc1sc(Cc2ccc(C)s2)cc1O. The highest BCUT2D eigenvalue weighted by atomic mass is 32.1. The third-order valence-corrected chi connectivity index (χ3v) is 4.57. The van der Waals surface area contributed by atoms with Gasteiger partial charge in [-0.15, -0.1) is 22.7 Å². The molecule has 2 aromatic rings. The number of thiophene rings is 2. The van der Waals surface area contributed by atoms with Gasteiger partial charge in [-0.3, -0.25) is 0 Å². The zero-order valence-corrected chi connectivity index (χ0v) is 10.5. The van der Waals surface area contributed by atoms with Crippen LogP contribution < -0.4 is 0 Å². The molecule has 0 aliphatic rings. The lowest BCUT2D eigenvalue weighted by atomic mass is 10.3. The fraction of sp³-hybridized carbons (Fsp3) is 0.333. The Labute approximate surface area is 98.0 Å². The standard InChI is InChI=1S/C12H14OS2/c1-3-12-11(13)7-10(15-12)6-9-5-4-8(2)14-9/h4-5,7,13H,3,6H2,1-2H3. The third-order valence-electron chi connectivity index (χ3n) is 2.30. The Morgan fingerprint density at radius 1 is 1.20 bits per heavy atom. The Morgan fingerprint density at radius 2 is 2.00 bits per heavy atom. The second-order valence-electron chi connectivity index (χ2n) is 3.56. The Hall–Kier alpha value is -0.800. The minimum absolute atomic E-state index is 0.464. The first-order valence-electron chi connectivity index (χ1n) is 5.05. The van der Waals surface area contributed by atoms with E-state index < -0.39 is 0 Å². The zero-order chi connectivity index (χ0) is 10.8. The molecule has 2 rings (SSSR count). The highest BCUT2D eigenvalue weighted by Crippen LogP contribution is 2.31. The number of hydrogen-bond acceptors (Lipinski definition) is 3. The van der Waals surface area contributed by atoms with Gasteiger partial charge < -0.3 is 5.11 Å².